The normalized spacial score (nSPS) is 12.1. The number of nitriles is 1. The number of hydrogen-bond acceptors (Lipinski definition) is 3. The zero-order chi connectivity index (χ0) is 13.0. The Morgan fingerprint density at radius 3 is 2.94 bits per heavy atom. The first kappa shape index (κ1) is 12.7. The fraction of sp³-hybridized carbons (Fsp3) is 0.214. The highest BCUT2D eigenvalue weighted by molar-refractivity contribution is 7.10. The molecule has 2 rings (SSSR count). The van der Waals surface area contributed by atoms with Crippen molar-refractivity contribution in [2.75, 3.05) is 0 Å². The summed E-state index contributed by atoms with van der Waals surface area (Å²) in [5, 5.41) is 13.9. The maximum Gasteiger partial charge on any atom is 0.123 e. The van der Waals surface area contributed by atoms with Crippen LogP contribution in [-0.4, -0.2) is 0 Å². The van der Waals surface area contributed by atoms with Gasteiger partial charge in [0.1, 0.15) is 11.9 Å². The van der Waals surface area contributed by atoms with E-state index in [1.807, 2.05) is 24.4 Å². The molecule has 1 N–H and O–H groups in total. The minimum atomic E-state index is -0.218. The van der Waals surface area contributed by atoms with Crippen molar-refractivity contribution in [2.45, 2.75) is 19.5 Å². The molecule has 0 amide bonds. The minimum absolute atomic E-state index is 0.0772. The van der Waals surface area contributed by atoms with E-state index in [0.29, 0.717) is 12.1 Å². The summed E-state index contributed by atoms with van der Waals surface area (Å²) in [6.07, 6.45) is 0. The lowest BCUT2D eigenvalue weighted by Crippen LogP contribution is -2.17. The Morgan fingerprint density at radius 1 is 1.44 bits per heavy atom. The first-order valence-corrected chi connectivity index (χ1v) is 6.53. The second-order valence-corrected chi connectivity index (χ2v) is 5.07. The number of nitrogens with zero attached hydrogens (tertiary/aromatic N) is 1. The van der Waals surface area contributed by atoms with E-state index in [2.05, 4.69) is 11.4 Å². The van der Waals surface area contributed by atoms with E-state index in [9.17, 15) is 4.39 Å². The number of halogens is 1. The maximum atomic E-state index is 13.1. The van der Waals surface area contributed by atoms with Crippen LogP contribution >= 0.6 is 11.3 Å². The van der Waals surface area contributed by atoms with Gasteiger partial charge in [0.15, 0.2) is 0 Å². The molecule has 1 heterocycles. The number of benzene rings is 1. The van der Waals surface area contributed by atoms with Crippen molar-refractivity contribution >= 4 is 11.3 Å². The quantitative estimate of drug-likeness (QED) is 0.911. The van der Waals surface area contributed by atoms with E-state index < -0.39 is 0 Å². The molecule has 2 nitrogen and oxygen atoms in total. The van der Waals surface area contributed by atoms with Crippen molar-refractivity contribution in [3.8, 4) is 6.07 Å². The number of hydrogen-bond donors (Lipinski definition) is 1. The summed E-state index contributed by atoms with van der Waals surface area (Å²) in [6.45, 7) is 2.68. The molecule has 4 heteroatoms. The van der Waals surface area contributed by atoms with Gasteiger partial charge in [0.25, 0.3) is 0 Å². The van der Waals surface area contributed by atoms with Crippen LogP contribution in [0.2, 0.25) is 0 Å². The Labute approximate surface area is 110 Å². The predicted molar refractivity (Wildman–Crippen MR) is 70.7 cm³/mol. The van der Waals surface area contributed by atoms with Gasteiger partial charge in [-0.1, -0.05) is 12.1 Å². The van der Waals surface area contributed by atoms with Crippen LogP contribution in [-0.2, 0) is 6.54 Å². The van der Waals surface area contributed by atoms with Crippen LogP contribution in [0, 0.1) is 17.1 Å². The standard InChI is InChI=1S/C14H13FN2S/c1-10(12-3-2-4-13(15)6-12)17-8-14-5-11(7-16)9-18-14/h2-6,9-10,17H,8H2,1H3/t10-/m0/s1. The van der Waals surface area contributed by atoms with Gasteiger partial charge >= 0.3 is 0 Å². The molecule has 1 aromatic heterocycles. The third kappa shape index (κ3) is 3.16. The molecule has 0 aliphatic heterocycles. The van der Waals surface area contributed by atoms with Crippen LogP contribution in [0.25, 0.3) is 0 Å². The first-order chi connectivity index (χ1) is 8.69. The van der Waals surface area contributed by atoms with Gasteiger partial charge < -0.3 is 5.32 Å². The Bertz CT molecular complexity index is 571. The van der Waals surface area contributed by atoms with Crippen molar-refractivity contribution in [1.82, 2.24) is 5.32 Å². The summed E-state index contributed by atoms with van der Waals surface area (Å²) in [7, 11) is 0. The number of rotatable bonds is 4. The molecule has 0 spiro atoms. The second kappa shape index (κ2) is 5.76. The zero-order valence-electron chi connectivity index (χ0n) is 9.98. The first-order valence-electron chi connectivity index (χ1n) is 5.65. The van der Waals surface area contributed by atoms with E-state index >= 15 is 0 Å². The molecule has 1 atom stereocenters. The summed E-state index contributed by atoms with van der Waals surface area (Å²) in [5.74, 6) is -0.218. The minimum Gasteiger partial charge on any atom is -0.305 e. The van der Waals surface area contributed by atoms with Gasteiger partial charge in [-0.3, -0.25) is 0 Å². The average molecular weight is 260 g/mol. The molecule has 0 fully saturated rings. The third-order valence-electron chi connectivity index (χ3n) is 2.71. The molecule has 0 bridgehead atoms. The van der Waals surface area contributed by atoms with Crippen molar-refractivity contribution in [2.24, 2.45) is 0 Å². The monoisotopic (exact) mass is 260 g/mol. The lowest BCUT2D eigenvalue weighted by atomic mass is 10.1. The Kier molecular flexibility index (Phi) is 4.08. The van der Waals surface area contributed by atoms with Gasteiger partial charge in [-0.05, 0) is 30.7 Å². The summed E-state index contributed by atoms with van der Waals surface area (Å²) >= 11 is 1.56. The smallest absolute Gasteiger partial charge is 0.123 e. The number of thiophene rings is 1. The average Bonchev–Trinajstić information content (AvgIpc) is 2.84. The lowest BCUT2D eigenvalue weighted by molar-refractivity contribution is 0.568. The molecule has 0 unspecified atom stereocenters. The van der Waals surface area contributed by atoms with Gasteiger partial charge in [0, 0.05) is 22.8 Å². The molecule has 0 radical (unpaired) electrons. The highest BCUT2D eigenvalue weighted by atomic mass is 32.1. The van der Waals surface area contributed by atoms with Gasteiger partial charge in [-0.25, -0.2) is 4.39 Å². The third-order valence-corrected chi connectivity index (χ3v) is 3.65. The van der Waals surface area contributed by atoms with Crippen LogP contribution in [0.4, 0.5) is 4.39 Å². The summed E-state index contributed by atoms with van der Waals surface area (Å²) in [5.41, 5.74) is 1.61. The van der Waals surface area contributed by atoms with E-state index in [0.717, 1.165) is 10.4 Å². The van der Waals surface area contributed by atoms with Crippen LogP contribution in [0.1, 0.15) is 29.0 Å². The van der Waals surface area contributed by atoms with E-state index in [1.165, 1.54) is 12.1 Å². The molecule has 92 valence electrons. The summed E-state index contributed by atoms with van der Waals surface area (Å²) < 4.78 is 13.1. The molecule has 0 aliphatic rings. The lowest BCUT2D eigenvalue weighted by Gasteiger charge is -2.13. The van der Waals surface area contributed by atoms with E-state index in [4.69, 9.17) is 5.26 Å². The molecule has 0 saturated heterocycles. The van der Waals surface area contributed by atoms with Gasteiger partial charge in [-0.15, -0.1) is 11.3 Å². The Morgan fingerprint density at radius 2 is 2.28 bits per heavy atom. The fourth-order valence-electron chi connectivity index (χ4n) is 1.68. The molecule has 0 aliphatic carbocycles. The van der Waals surface area contributed by atoms with Crippen molar-refractivity contribution in [1.29, 1.82) is 5.26 Å². The molecule has 0 saturated carbocycles. The largest absolute Gasteiger partial charge is 0.305 e. The van der Waals surface area contributed by atoms with E-state index in [-0.39, 0.29) is 11.9 Å². The van der Waals surface area contributed by atoms with Crippen LogP contribution in [0.3, 0.4) is 0 Å². The highest BCUT2D eigenvalue weighted by Crippen LogP contribution is 2.17. The molecule has 18 heavy (non-hydrogen) atoms. The van der Waals surface area contributed by atoms with Crippen molar-refractivity contribution < 1.29 is 4.39 Å². The summed E-state index contributed by atoms with van der Waals surface area (Å²) in [4.78, 5) is 1.11. The second-order valence-electron chi connectivity index (χ2n) is 4.07. The van der Waals surface area contributed by atoms with Gasteiger partial charge in [0.05, 0.1) is 5.56 Å². The van der Waals surface area contributed by atoms with Gasteiger partial charge in [-0.2, -0.15) is 5.26 Å². The zero-order valence-corrected chi connectivity index (χ0v) is 10.8. The number of nitrogens with one attached hydrogen (secondary N) is 1. The maximum absolute atomic E-state index is 13.1. The predicted octanol–water partition coefficient (Wildman–Crippen LogP) is 3.61. The van der Waals surface area contributed by atoms with Crippen molar-refractivity contribution in [3.63, 3.8) is 0 Å². The van der Waals surface area contributed by atoms with E-state index in [1.54, 1.807) is 17.4 Å². The molecular formula is C14H13FN2S. The summed E-state index contributed by atoms with van der Waals surface area (Å²) in [6, 6.07) is 10.6. The van der Waals surface area contributed by atoms with Crippen LogP contribution in [0.5, 0.6) is 0 Å². The Hall–Kier alpha value is -1.70. The van der Waals surface area contributed by atoms with Crippen LogP contribution in [0.15, 0.2) is 35.7 Å². The fourth-order valence-corrected chi connectivity index (χ4v) is 2.44. The van der Waals surface area contributed by atoms with Gasteiger partial charge in [0.2, 0.25) is 0 Å². The van der Waals surface area contributed by atoms with Crippen LogP contribution < -0.4 is 5.32 Å². The molecule has 2 aromatic rings. The Balaban J connectivity index is 1.96. The highest BCUT2D eigenvalue weighted by Gasteiger charge is 2.06. The SMILES string of the molecule is C[C@H](NCc1cc(C#N)cs1)c1cccc(F)c1. The van der Waals surface area contributed by atoms with Crippen molar-refractivity contribution in [3.05, 3.63) is 57.5 Å². The topological polar surface area (TPSA) is 35.8 Å². The molecular weight excluding hydrogens is 247 g/mol. The molecule has 1 aromatic carbocycles.